The topological polar surface area (TPSA) is 58.4 Å². The van der Waals surface area contributed by atoms with Crippen LogP contribution in [0.1, 0.15) is 12.8 Å². The van der Waals surface area contributed by atoms with E-state index in [9.17, 15) is 4.79 Å². The molecule has 0 radical (unpaired) electrons. The molecule has 1 aromatic carbocycles. The predicted molar refractivity (Wildman–Crippen MR) is 70.2 cm³/mol. The fraction of sp³-hybridized carbons (Fsp3) is 0.417. The number of carbonyl (C=O) groups excluding carboxylic acids is 1. The normalized spacial score (nSPS) is 16.1. The molecule has 2 rings (SSSR count). The van der Waals surface area contributed by atoms with E-state index in [1.165, 1.54) is 12.8 Å². The third-order valence-electron chi connectivity index (χ3n) is 2.83. The minimum atomic E-state index is -0.0291. The Morgan fingerprint density at radius 2 is 2.12 bits per heavy atom. The van der Waals surface area contributed by atoms with Crippen LogP contribution in [0.4, 0.5) is 11.4 Å². The molecule has 1 aromatic rings. The zero-order chi connectivity index (χ0) is 12.3. The molecule has 17 heavy (non-hydrogen) atoms. The Labute approximate surface area is 106 Å². The Balaban J connectivity index is 1.93. The molecular formula is C12H16ClN3O. The van der Waals surface area contributed by atoms with Crippen molar-refractivity contribution in [3.63, 3.8) is 0 Å². The number of nitrogens with two attached hydrogens (primary N) is 1. The van der Waals surface area contributed by atoms with Crippen molar-refractivity contribution in [1.82, 2.24) is 4.90 Å². The van der Waals surface area contributed by atoms with Crippen LogP contribution >= 0.6 is 11.6 Å². The van der Waals surface area contributed by atoms with Gasteiger partial charge in [0.1, 0.15) is 0 Å². The van der Waals surface area contributed by atoms with Gasteiger partial charge in [0.2, 0.25) is 5.91 Å². The number of rotatable bonds is 3. The summed E-state index contributed by atoms with van der Waals surface area (Å²) in [4.78, 5) is 13.9. The molecule has 0 aliphatic carbocycles. The lowest BCUT2D eigenvalue weighted by atomic mass is 10.3. The highest BCUT2D eigenvalue weighted by Gasteiger charge is 2.15. The number of likely N-dealkylation sites (tertiary alicyclic amines) is 1. The Morgan fingerprint density at radius 3 is 2.76 bits per heavy atom. The quantitative estimate of drug-likeness (QED) is 0.810. The van der Waals surface area contributed by atoms with Crippen molar-refractivity contribution in [2.45, 2.75) is 12.8 Å². The SMILES string of the molecule is Nc1ccc(NC(=O)CN2CCCC2)c(Cl)c1. The number of amides is 1. The Hall–Kier alpha value is -1.26. The van der Waals surface area contributed by atoms with E-state index in [4.69, 9.17) is 17.3 Å². The summed E-state index contributed by atoms with van der Waals surface area (Å²) in [6.45, 7) is 2.44. The molecule has 4 nitrogen and oxygen atoms in total. The minimum Gasteiger partial charge on any atom is -0.399 e. The standard InChI is InChI=1S/C12H16ClN3O/c13-10-7-9(14)3-4-11(10)15-12(17)8-16-5-1-2-6-16/h3-4,7H,1-2,5-6,8,14H2,(H,15,17). The fourth-order valence-corrected chi connectivity index (χ4v) is 2.20. The van der Waals surface area contributed by atoms with Gasteiger partial charge < -0.3 is 11.1 Å². The summed E-state index contributed by atoms with van der Waals surface area (Å²) in [6.07, 6.45) is 2.35. The minimum absolute atomic E-state index is 0.0291. The average molecular weight is 254 g/mol. The van der Waals surface area contributed by atoms with Crippen LogP contribution in [-0.4, -0.2) is 30.4 Å². The summed E-state index contributed by atoms with van der Waals surface area (Å²) in [6, 6.07) is 5.07. The third-order valence-corrected chi connectivity index (χ3v) is 3.15. The number of carbonyl (C=O) groups is 1. The molecule has 5 heteroatoms. The molecule has 1 fully saturated rings. The van der Waals surface area contributed by atoms with E-state index < -0.39 is 0 Å². The molecule has 3 N–H and O–H groups in total. The molecule has 1 aliphatic heterocycles. The summed E-state index contributed by atoms with van der Waals surface area (Å²) in [7, 11) is 0. The van der Waals surface area contributed by atoms with Gasteiger partial charge >= 0.3 is 0 Å². The molecule has 1 aliphatic rings. The zero-order valence-corrected chi connectivity index (χ0v) is 10.3. The van der Waals surface area contributed by atoms with Crippen LogP contribution in [0.2, 0.25) is 5.02 Å². The number of benzene rings is 1. The summed E-state index contributed by atoms with van der Waals surface area (Å²) >= 11 is 5.98. The predicted octanol–water partition coefficient (Wildman–Crippen LogP) is 1.96. The summed E-state index contributed by atoms with van der Waals surface area (Å²) in [5, 5.41) is 3.27. The van der Waals surface area contributed by atoms with Crippen molar-refractivity contribution in [1.29, 1.82) is 0 Å². The Bertz CT molecular complexity index is 416. The van der Waals surface area contributed by atoms with E-state index in [0.717, 1.165) is 13.1 Å². The molecule has 0 bridgehead atoms. The number of hydrogen-bond donors (Lipinski definition) is 2. The van der Waals surface area contributed by atoms with E-state index in [1.807, 2.05) is 0 Å². The lowest BCUT2D eigenvalue weighted by Crippen LogP contribution is -2.30. The lowest BCUT2D eigenvalue weighted by molar-refractivity contribution is -0.117. The molecule has 0 atom stereocenters. The van der Waals surface area contributed by atoms with Gasteiger partial charge in [-0.05, 0) is 44.1 Å². The van der Waals surface area contributed by atoms with Gasteiger partial charge in [-0.25, -0.2) is 0 Å². The van der Waals surface area contributed by atoms with Gasteiger partial charge in [0.05, 0.1) is 17.3 Å². The summed E-state index contributed by atoms with van der Waals surface area (Å²) in [5.41, 5.74) is 6.79. The Morgan fingerprint density at radius 1 is 1.41 bits per heavy atom. The summed E-state index contributed by atoms with van der Waals surface area (Å²) in [5.74, 6) is -0.0291. The highest BCUT2D eigenvalue weighted by molar-refractivity contribution is 6.34. The van der Waals surface area contributed by atoms with Gasteiger partial charge in [-0.1, -0.05) is 11.6 Å². The van der Waals surface area contributed by atoms with Crippen LogP contribution in [-0.2, 0) is 4.79 Å². The van der Waals surface area contributed by atoms with Gasteiger partial charge in [0.25, 0.3) is 0 Å². The van der Waals surface area contributed by atoms with E-state index >= 15 is 0 Å². The molecule has 1 amide bonds. The van der Waals surface area contributed by atoms with Crippen LogP contribution < -0.4 is 11.1 Å². The molecule has 92 valence electrons. The van der Waals surface area contributed by atoms with Crippen molar-refractivity contribution in [3.8, 4) is 0 Å². The lowest BCUT2D eigenvalue weighted by Gasteiger charge is -2.14. The van der Waals surface area contributed by atoms with Crippen molar-refractivity contribution < 1.29 is 4.79 Å². The first-order valence-electron chi connectivity index (χ1n) is 5.72. The van der Waals surface area contributed by atoms with Crippen LogP contribution in [0.3, 0.4) is 0 Å². The van der Waals surface area contributed by atoms with Crippen molar-refractivity contribution in [2.24, 2.45) is 0 Å². The fourth-order valence-electron chi connectivity index (χ4n) is 1.97. The highest BCUT2D eigenvalue weighted by Crippen LogP contribution is 2.24. The van der Waals surface area contributed by atoms with Gasteiger partial charge in [0, 0.05) is 5.69 Å². The number of nitrogen functional groups attached to an aromatic ring is 1. The highest BCUT2D eigenvalue weighted by atomic mass is 35.5. The van der Waals surface area contributed by atoms with Crippen LogP contribution in [0.25, 0.3) is 0 Å². The maximum atomic E-state index is 11.8. The van der Waals surface area contributed by atoms with Gasteiger partial charge in [-0.15, -0.1) is 0 Å². The first-order valence-corrected chi connectivity index (χ1v) is 6.10. The molecule has 0 saturated carbocycles. The van der Waals surface area contributed by atoms with E-state index in [0.29, 0.717) is 22.9 Å². The number of anilines is 2. The van der Waals surface area contributed by atoms with Crippen molar-refractivity contribution >= 4 is 28.9 Å². The van der Waals surface area contributed by atoms with Gasteiger partial charge in [-0.3, -0.25) is 9.69 Å². The second-order valence-corrected chi connectivity index (χ2v) is 4.68. The van der Waals surface area contributed by atoms with E-state index in [2.05, 4.69) is 10.2 Å². The molecule has 0 aromatic heterocycles. The zero-order valence-electron chi connectivity index (χ0n) is 9.58. The molecule has 0 spiro atoms. The van der Waals surface area contributed by atoms with E-state index in [-0.39, 0.29) is 5.91 Å². The molecule has 1 saturated heterocycles. The smallest absolute Gasteiger partial charge is 0.238 e. The average Bonchev–Trinajstić information content (AvgIpc) is 2.75. The van der Waals surface area contributed by atoms with Crippen LogP contribution in [0.5, 0.6) is 0 Å². The summed E-state index contributed by atoms with van der Waals surface area (Å²) < 4.78 is 0. The second kappa shape index (κ2) is 5.38. The third kappa shape index (κ3) is 3.35. The molecule has 0 unspecified atom stereocenters. The molecular weight excluding hydrogens is 238 g/mol. The van der Waals surface area contributed by atoms with Crippen molar-refractivity contribution in [2.75, 3.05) is 30.7 Å². The van der Waals surface area contributed by atoms with Crippen LogP contribution in [0.15, 0.2) is 18.2 Å². The number of halogens is 1. The van der Waals surface area contributed by atoms with Crippen LogP contribution in [0, 0.1) is 0 Å². The maximum absolute atomic E-state index is 11.8. The number of nitrogens with one attached hydrogen (secondary N) is 1. The van der Waals surface area contributed by atoms with Gasteiger partial charge in [-0.2, -0.15) is 0 Å². The molecule has 1 heterocycles. The van der Waals surface area contributed by atoms with Crippen molar-refractivity contribution in [3.05, 3.63) is 23.2 Å². The maximum Gasteiger partial charge on any atom is 0.238 e. The number of nitrogens with zero attached hydrogens (tertiary/aromatic N) is 1. The first-order chi connectivity index (χ1) is 8.15. The second-order valence-electron chi connectivity index (χ2n) is 4.27. The van der Waals surface area contributed by atoms with E-state index in [1.54, 1.807) is 18.2 Å². The monoisotopic (exact) mass is 253 g/mol. The van der Waals surface area contributed by atoms with Gasteiger partial charge in [0.15, 0.2) is 0 Å². The largest absolute Gasteiger partial charge is 0.399 e. The Kier molecular flexibility index (Phi) is 3.86. The first kappa shape index (κ1) is 12.2. The number of hydrogen-bond acceptors (Lipinski definition) is 3.